The van der Waals surface area contributed by atoms with Crippen LogP contribution in [0.3, 0.4) is 0 Å². The summed E-state index contributed by atoms with van der Waals surface area (Å²) in [6, 6.07) is 6.57. The molecule has 0 saturated heterocycles. The van der Waals surface area contributed by atoms with Crippen molar-refractivity contribution in [1.82, 2.24) is 9.71 Å². The quantitative estimate of drug-likeness (QED) is 0.738. The summed E-state index contributed by atoms with van der Waals surface area (Å²) in [7, 11) is -4.10. The minimum absolute atomic E-state index is 0.202. The second kappa shape index (κ2) is 6.42. The zero-order valence-corrected chi connectivity index (χ0v) is 13.5. The molecule has 2 aromatic heterocycles. The number of amides is 2. The lowest BCUT2D eigenvalue weighted by Crippen LogP contribution is -2.34. The number of nitrogens with zero attached hydrogens (tertiary/aromatic N) is 1. The van der Waals surface area contributed by atoms with Gasteiger partial charge in [0.1, 0.15) is 11.6 Å². The third-order valence-corrected chi connectivity index (χ3v) is 5.12. The zero-order valence-electron chi connectivity index (χ0n) is 11.9. The van der Waals surface area contributed by atoms with Crippen LogP contribution in [-0.4, -0.2) is 19.4 Å². The van der Waals surface area contributed by atoms with Crippen LogP contribution in [0.5, 0.6) is 0 Å². The van der Waals surface area contributed by atoms with Gasteiger partial charge in [0, 0.05) is 0 Å². The van der Waals surface area contributed by atoms with E-state index in [2.05, 4.69) is 10.3 Å². The van der Waals surface area contributed by atoms with Gasteiger partial charge in [0.2, 0.25) is 0 Å². The van der Waals surface area contributed by atoms with Crippen LogP contribution >= 0.6 is 11.3 Å². The molecule has 2 heterocycles. The number of thiazole rings is 1. The maximum absolute atomic E-state index is 12.8. The lowest BCUT2D eigenvalue weighted by Gasteiger charge is -2.06. The molecule has 0 bridgehead atoms. The van der Waals surface area contributed by atoms with Crippen molar-refractivity contribution in [2.24, 2.45) is 0 Å². The maximum Gasteiger partial charge on any atom is 0.334 e. The highest BCUT2D eigenvalue weighted by Crippen LogP contribution is 2.29. The first-order valence-corrected chi connectivity index (χ1v) is 8.83. The van der Waals surface area contributed by atoms with Crippen molar-refractivity contribution in [3.05, 3.63) is 54.7 Å². The molecule has 0 aliphatic heterocycles. The average Bonchev–Trinajstić information content (AvgIpc) is 3.17. The topological polar surface area (TPSA) is 101 Å². The van der Waals surface area contributed by atoms with E-state index in [-0.39, 0.29) is 10.0 Å². The summed E-state index contributed by atoms with van der Waals surface area (Å²) in [5, 5.41) is 2.53. The first-order chi connectivity index (χ1) is 11.4. The van der Waals surface area contributed by atoms with Crippen LogP contribution < -0.4 is 10.0 Å². The smallest absolute Gasteiger partial charge is 0.334 e. The molecule has 10 heteroatoms. The Hall–Kier alpha value is -2.72. The lowest BCUT2D eigenvalue weighted by molar-refractivity contribution is 0.256. The van der Waals surface area contributed by atoms with Crippen molar-refractivity contribution in [2.75, 3.05) is 5.32 Å². The van der Waals surface area contributed by atoms with Gasteiger partial charge in [-0.3, -0.25) is 5.32 Å². The van der Waals surface area contributed by atoms with Gasteiger partial charge in [0.05, 0.1) is 22.2 Å². The van der Waals surface area contributed by atoms with Crippen molar-refractivity contribution in [3.8, 4) is 10.6 Å². The molecular formula is C14H10FN3O4S2. The molecule has 0 fully saturated rings. The number of urea groups is 1. The Balaban J connectivity index is 1.68. The van der Waals surface area contributed by atoms with Gasteiger partial charge in [0.15, 0.2) is 5.13 Å². The number of sulfonamides is 1. The van der Waals surface area contributed by atoms with Gasteiger partial charge >= 0.3 is 6.03 Å². The summed E-state index contributed by atoms with van der Waals surface area (Å²) in [5.74, 6) is 0.00605. The predicted octanol–water partition coefficient (Wildman–Crippen LogP) is 3.05. The molecule has 124 valence electrons. The van der Waals surface area contributed by atoms with E-state index in [0.717, 1.165) is 35.6 Å². The van der Waals surface area contributed by atoms with Gasteiger partial charge in [-0.2, -0.15) is 0 Å². The van der Waals surface area contributed by atoms with Crippen molar-refractivity contribution < 1.29 is 22.0 Å². The van der Waals surface area contributed by atoms with Gasteiger partial charge < -0.3 is 4.42 Å². The molecule has 0 atom stereocenters. The van der Waals surface area contributed by atoms with Crippen LogP contribution in [0.15, 0.2) is 58.2 Å². The Morgan fingerprint density at radius 3 is 2.62 bits per heavy atom. The molecule has 0 saturated carbocycles. The fraction of sp³-hybridized carbons (Fsp3) is 0. The van der Waals surface area contributed by atoms with E-state index in [4.69, 9.17) is 4.42 Å². The summed E-state index contributed by atoms with van der Waals surface area (Å²) in [6.45, 7) is 0. The van der Waals surface area contributed by atoms with Crippen LogP contribution in [0.1, 0.15) is 0 Å². The highest BCUT2D eigenvalue weighted by Gasteiger charge is 2.18. The van der Waals surface area contributed by atoms with E-state index in [1.807, 2.05) is 4.72 Å². The van der Waals surface area contributed by atoms with Crippen LogP contribution in [0.2, 0.25) is 0 Å². The second-order valence-electron chi connectivity index (χ2n) is 4.52. The molecule has 3 rings (SSSR count). The van der Waals surface area contributed by atoms with Gasteiger partial charge in [-0.05, 0) is 36.4 Å². The first-order valence-electron chi connectivity index (χ1n) is 6.53. The zero-order chi connectivity index (χ0) is 17.2. The van der Waals surface area contributed by atoms with Crippen LogP contribution in [0.25, 0.3) is 10.6 Å². The molecule has 0 aliphatic rings. The first kappa shape index (κ1) is 16.1. The van der Waals surface area contributed by atoms with Crippen molar-refractivity contribution in [1.29, 1.82) is 0 Å². The summed E-state index contributed by atoms with van der Waals surface area (Å²) in [4.78, 5) is 16.3. The highest BCUT2D eigenvalue weighted by molar-refractivity contribution is 7.90. The summed E-state index contributed by atoms with van der Waals surface area (Å²) >= 11 is 1.12. The molecule has 24 heavy (non-hydrogen) atoms. The molecule has 0 aliphatic carbocycles. The number of nitrogens with one attached hydrogen (secondary N) is 2. The number of carbonyl (C=O) groups excluding carboxylic acids is 1. The lowest BCUT2D eigenvalue weighted by atomic mass is 10.4. The minimum atomic E-state index is -4.10. The Morgan fingerprint density at radius 1 is 1.21 bits per heavy atom. The highest BCUT2D eigenvalue weighted by atomic mass is 32.2. The summed E-state index contributed by atoms with van der Waals surface area (Å²) in [6.07, 6.45) is 3.00. The molecule has 2 N–H and O–H groups in total. The van der Waals surface area contributed by atoms with Gasteiger partial charge in [-0.1, -0.05) is 11.3 Å². The van der Waals surface area contributed by atoms with E-state index in [9.17, 15) is 17.6 Å². The van der Waals surface area contributed by atoms with Gasteiger partial charge in [-0.25, -0.2) is 27.3 Å². The number of rotatable bonds is 4. The number of benzene rings is 1. The minimum Gasteiger partial charge on any atom is -0.463 e. The normalized spacial score (nSPS) is 11.2. The SMILES string of the molecule is O=C(Nc1ncc(-c2ccco2)s1)NS(=O)(=O)c1ccc(F)cc1. The number of hydrogen-bond acceptors (Lipinski definition) is 6. The number of carbonyl (C=O) groups is 1. The molecule has 1 aromatic carbocycles. The maximum atomic E-state index is 12.8. The predicted molar refractivity (Wildman–Crippen MR) is 85.6 cm³/mol. The van der Waals surface area contributed by atoms with E-state index >= 15 is 0 Å². The van der Waals surface area contributed by atoms with Crippen molar-refractivity contribution in [2.45, 2.75) is 4.90 Å². The third kappa shape index (κ3) is 3.60. The molecule has 3 aromatic rings. The molecule has 0 unspecified atom stereocenters. The Kier molecular flexibility index (Phi) is 4.32. The van der Waals surface area contributed by atoms with Crippen LogP contribution in [0.4, 0.5) is 14.3 Å². The van der Waals surface area contributed by atoms with E-state index in [1.165, 1.54) is 12.5 Å². The largest absolute Gasteiger partial charge is 0.463 e. The Labute approximate surface area is 140 Å². The van der Waals surface area contributed by atoms with Crippen LogP contribution in [-0.2, 0) is 10.0 Å². The van der Waals surface area contributed by atoms with Crippen LogP contribution in [0, 0.1) is 5.82 Å². The summed E-state index contributed by atoms with van der Waals surface area (Å²) in [5.41, 5.74) is 0. The number of hydrogen-bond donors (Lipinski definition) is 2. The molecular weight excluding hydrogens is 357 g/mol. The summed E-state index contributed by atoms with van der Waals surface area (Å²) < 4.78 is 43.9. The second-order valence-corrected chi connectivity index (χ2v) is 7.23. The van der Waals surface area contributed by atoms with E-state index < -0.39 is 21.9 Å². The standard InChI is InChI=1S/C14H10FN3O4S2/c15-9-3-5-10(6-4-9)24(20,21)18-13(19)17-14-16-8-12(23-14)11-2-1-7-22-11/h1-8H,(H2,16,17,18,19). The van der Waals surface area contributed by atoms with E-state index in [0.29, 0.717) is 10.6 Å². The number of anilines is 1. The molecule has 0 spiro atoms. The number of halogens is 1. The number of aromatic nitrogens is 1. The number of furan rings is 1. The van der Waals surface area contributed by atoms with Crippen molar-refractivity contribution >= 4 is 32.5 Å². The Morgan fingerprint density at radius 2 is 1.96 bits per heavy atom. The Bertz CT molecular complexity index is 950. The monoisotopic (exact) mass is 367 g/mol. The molecule has 7 nitrogen and oxygen atoms in total. The van der Waals surface area contributed by atoms with Crippen molar-refractivity contribution in [3.63, 3.8) is 0 Å². The van der Waals surface area contributed by atoms with Gasteiger partial charge in [-0.15, -0.1) is 0 Å². The third-order valence-electron chi connectivity index (χ3n) is 2.84. The van der Waals surface area contributed by atoms with Gasteiger partial charge in [0.25, 0.3) is 10.0 Å². The fourth-order valence-electron chi connectivity index (χ4n) is 1.78. The molecule has 2 amide bonds. The van der Waals surface area contributed by atoms with E-state index in [1.54, 1.807) is 12.1 Å². The molecule has 0 radical (unpaired) electrons. The fourth-order valence-corrected chi connectivity index (χ4v) is 3.47. The average molecular weight is 367 g/mol.